The number of benzene rings is 1. The molecule has 0 amide bonds. The van der Waals surface area contributed by atoms with Crippen LogP contribution in [0.1, 0.15) is 43.7 Å². The molecule has 6 nitrogen and oxygen atoms in total. The summed E-state index contributed by atoms with van der Waals surface area (Å²) in [5.74, 6) is 0.813. The Balaban J connectivity index is 1.39. The van der Waals surface area contributed by atoms with Gasteiger partial charge in [-0.2, -0.15) is 5.10 Å². The summed E-state index contributed by atoms with van der Waals surface area (Å²) in [5, 5.41) is 18.1. The Bertz CT molecular complexity index is 695. The van der Waals surface area contributed by atoms with Crippen LogP contribution in [0, 0.1) is 0 Å². The van der Waals surface area contributed by atoms with Crippen molar-refractivity contribution in [1.29, 1.82) is 0 Å². The summed E-state index contributed by atoms with van der Waals surface area (Å²) in [4.78, 5) is 2.36. The molecule has 0 aliphatic carbocycles. The van der Waals surface area contributed by atoms with Gasteiger partial charge in [-0.1, -0.05) is 25.0 Å². The van der Waals surface area contributed by atoms with Gasteiger partial charge in [0.1, 0.15) is 18.5 Å². The van der Waals surface area contributed by atoms with E-state index in [1.165, 1.54) is 36.8 Å². The van der Waals surface area contributed by atoms with Crippen molar-refractivity contribution in [3.05, 3.63) is 47.8 Å². The van der Waals surface area contributed by atoms with E-state index in [9.17, 15) is 5.11 Å². The van der Waals surface area contributed by atoms with Gasteiger partial charge in [0.15, 0.2) is 0 Å². The highest BCUT2D eigenvalue weighted by molar-refractivity contribution is 5.28. The zero-order valence-corrected chi connectivity index (χ0v) is 17.0. The summed E-state index contributed by atoms with van der Waals surface area (Å²) in [6.45, 7) is 7.76. The van der Waals surface area contributed by atoms with Crippen LogP contribution in [0.25, 0.3) is 0 Å². The lowest BCUT2D eigenvalue weighted by molar-refractivity contribution is 0.0693. The minimum absolute atomic E-state index is 0.337. The van der Waals surface area contributed by atoms with Crippen LogP contribution >= 0.6 is 0 Å². The SMILES string of the molecule is CCn1cc(CNCc2cccc(OCC(O)CN3CCCCCC3)c2)cn1. The lowest BCUT2D eigenvalue weighted by Crippen LogP contribution is -2.36. The molecule has 2 heterocycles. The van der Waals surface area contributed by atoms with Gasteiger partial charge in [0.05, 0.1) is 6.20 Å². The molecule has 0 radical (unpaired) electrons. The number of aryl methyl sites for hydroxylation is 1. The van der Waals surface area contributed by atoms with E-state index >= 15 is 0 Å². The van der Waals surface area contributed by atoms with Crippen molar-refractivity contribution in [2.75, 3.05) is 26.2 Å². The van der Waals surface area contributed by atoms with E-state index in [-0.39, 0.29) is 0 Å². The second kappa shape index (κ2) is 11.2. The maximum Gasteiger partial charge on any atom is 0.119 e. The number of hydrogen-bond donors (Lipinski definition) is 2. The van der Waals surface area contributed by atoms with Gasteiger partial charge in [-0.25, -0.2) is 0 Å². The van der Waals surface area contributed by atoms with Crippen molar-refractivity contribution in [2.24, 2.45) is 0 Å². The topological polar surface area (TPSA) is 62.6 Å². The van der Waals surface area contributed by atoms with E-state index in [0.29, 0.717) is 13.2 Å². The largest absolute Gasteiger partial charge is 0.491 e. The zero-order chi connectivity index (χ0) is 19.6. The summed E-state index contributed by atoms with van der Waals surface area (Å²) < 4.78 is 7.78. The smallest absolute Gasteiger partial charge is 0.119 e. The third-order valence-corrected chi connectivity index (χ3v) is 5.18. The van der Waals surface area contributed by atoms with Crippen LogP contribution in [-0.2, 0) is 19.6 Å². The summed E-state index contributed by atoms with van der Waals surface area (Å²) in [6, 6.07) is 8.08. The number of nitrogens with zero attached hydrogens (tertiary/aromatic N) is 3. The van der Waals surface area contributed by atoms with E-state index in [0.717, 1.165) is 38.5 Å². The number of rotatable bonds is 10. The van der Waals surface area contributed by atoms with Gasteiger partial charge in [-0.3, -0.25) is 4.68 Å². The molecule has 6 heteroatoms. The number of aliphatic hydroxyl groups is 1. The van der Waals surface area contributed by atoms with Gasteiger partial charge in [-0.05, 0) is 50.6 Å². The van der Waals surface area contributed by atoms with Crippen molar-refractivity contribution < 1.29 is 9.84 Å². The van der Waals surface area contributed by atoms with Crippen molar-refractivity contribution >= 4 is 0 Å². The zero-order valence-electron chi connectivity index (χ0n) is 17.0. The highest BCUT2D eigenvalue weighted by Gasteiger charge is 2.14. The number of aromatic nitrogens is 2. The summed E-state index contributed by atoms with van der Waals surface area (Å²) in [5.41, 5.74) is 2.35. The lowest BCUT2D eigenvalue weighted by atomic mass is 10.2. The number of aliphatic hydroxyl groups excluding tert-OH is 1. The first kappa shape index (κ1) is 20.8. The number of nitrogens with one attached hydrogen (secondary N) is 1. The van der Waals surface area contributed by atoms with Gasteiger partial charge >= 0.3 is 0 Å². The van der Waals surface area contributed by atoms with Crippen molar-refractivity contribution in [3.8, 4) is 5.75 Å². The minimum Gasteiger partial charge on any atom is -0.491 e. The third kappa shape index (κ3) is 6.93. The van der Waals surface area contributed by atoms with Crippen LogP contribution in [0.15, 0.2) is 36.7 Å². The van der Waals surface area contributed by atoms with Crippen molar-refractivity contribution in [2.45, 2.75) is 58.3 Å². The first-order chi connectivity index (χ1) is 13.7. The molecule has 1 aromatic carbocycles. The van der Waals surface area contributed by atoms with Crippen LogP contribution in [0.5, 0.6) is 5.75 Å². The summed E-state index contributed by atoms with van der Waals surface area (Å²) in [6.07, 6.45) is 8.62. The molecule has 1 fully saturated rings. The molecular weight excluding hydrogens is 352 g/mol. The number of likely N-dealkylation sites (tertiary alicyclic amines) is 1. The summed E-state index contributed by atoms with van der Waals surface area (Å²) in [7, 11) is 0. The monoisotopic (exact) mass is 386 g/mol. The molecular formula is C22H34N4O2. The van der Waals surface area contributed by atoms with Gasteiger partial charge in [0, 0.05) is 37.9 Å². The molecule has 0 saturated carbocycles. The van der Waals surface area contributed by atoms with Crippen LogP contribution in [-0.4, -0.2) is 52.1 Å². The molecule has 1 unspecified atom stereocenters. The molecule has 154 valence electrons. The molecule has 3 rings (SSSR count). The highest BCUT2D eigenvalue weighted by atomic mass is 16.5. The fourth-order valence-corrected chi connectivity index (χ4v) is 3.63. The van der Waals surface area contributed by atoms with Crippen molar-refractivity contribution in [3.63, 3.8) is 0 Å². The number of hydrogen-bond acceptors (Lipinski definition) is 5. The first-order valence-electron chi connectivity index (χ1n) is 10.6. The van der Waals surface area contributed by atoms with Gasteiger partial charge in [0.25, 0.3) is 0 Å². The molecule has 2 N–H and O–H groups in total. The van der Waals surface area contributed by atoms with E-state index in [2.05, 4.69) is 34.5 Å². The summed E-state index contributed by atoms with van der Waals surface area (Å²) >= 11 is 0. The predicted molar refractivity (Wildman–Crippen MR) is 111 cm³/mol. The Morgan fingerprint density at radius 1 is 1.14 bits per heavy atom. The molecule has 1 saturated heterocycles. The number of β-amino-alcohol motifs (C(OH)–C–C–N with tert-alkyl or cyclic N) is 1. The van der Waals surface area contributed by atoms with Crippen molar-refractivity contribution in [1.82, 2.24) is 20.0 Å². The molecule has 0 bridgehead atoms. The van der Waals surface area contributed by atoms with Crippen LogP contribution in [0.3, 0.4) is 0 Å². The molecule has 2 aromatic rings. The fourth-order valence-electron chi connectivity index (χ4n) is 3.63. The van der Waals surface area contributed by atoms with Crippen LogP contribution in [0.2, 0.25) is 0 Å². The Kier molecular flexibility index (Phi) is 8.33. The number of ether oxygens (including phenoxy) is 1. The Labute approximate surface area is 168 Å². The first-order valence-corrected chi connectivity index (χ1v) is 10.6. The fraction of sp³-hybridized carbons (Fsp3) is 0.591. The Morgan fingerprint density at radius 2 is 1.93 bits per heavy atom. The maximum absolute atomic E-state index is 10.3. The van der Waals surface area contributed by atoms with Gasteiger partial charge < -0.3 is 20.1 Å². The third-order valence-electron chi connectivity index (χ3n) is 5.18. The molecule has 0 spiro atoms. The Hall–Kier alpha value is -1.89. The molecule has 28 heavy (non-hydrogen) atoms. The second-order valence-corrected chi connectivity index (χ2v) is 7.63. The van der Waals surface area contributed by atoms with E-state index in [4.69, 9.17) is 4.74 Å². The van der Waals surface area contributed by atoms with Crippen LogP contribution < -0.4 is 10.1 Å². The second-order valence-electron chi connectivity index (χ2n) is 7.63. The lowest BCUT2D eigenvalue weighted by Gasteiger charge is -2.23. The van der Waals surface area contributed by atoms with Gasteiger partial charge in [0.2, 0.25) is 0 Å². The van der Waals surface area contributed by atoms with Gasteiger partial charge in [-0.15, -0.1) is 0 Å². The quantitative estimate of drug-likeness (QED) is 0.657. The van der Waals surface area contributed by atoms with E-state index in [1.54, 1.807) is 0 Å². The standard InChI is InChI=1S/C22H34N4O2/c1-2-26-16-20(15-24-26)14-23-13-19-8-7-9-22(12-19)28-18-21(27)17-25-10-5-3-4-6-11-25/h7-9,12,15-16,21,23,27H,2-6,10-11,13-14,17-18H2,1H3. The maximum atomic E-state index is 10.3. The van der Waals surface area contributed by atoms with Crippen LogP contribution in [0.4, 0.5) is 0 Å². The minimum atomic E-state index is -0.449. The molecule has 1 aliphatic heterocycles. The van der Waals surface area contributed by atoms with E-state index < -0.39 is 6.10 Å². The normalized spacial score (nSPS) is 16.6. The highest BCUT2D eigenvalue weighted by Crippen LogP contribution is 2.15. The molecule has 1 aliphatic rings. The predicted octanol–water partition coefficient (Wildman–Crippen LogP) is 2.81. The molecule has 1 aromatic heterocycles. The van der Waals surface area contributed by atoms with E-state index in [1.807, 2.05) is 29.1 Å². The average molecular weight is 387 g/mol. The molecule has 1 atom stereocenters. The average Bonchev–Trinajstić information content (AvgIpc) is 3.02. The Morgan fingerprint density at radius 3 is 2.68 bits per heavy atom.